The van der Waals surface area contributed by atoms with Gasteiger partial charge in [-0.25, -0.2) is 0 Å². The quantitative estimate of drug-likeness (QED) is 0.0847. The van der Waals surface area contributed by atoms with E-state index in [1.54, 1.807) is 0 Å². The second kappa shape index (κ2) is 17.2. The van der Waals surface area contributed by atoms with Crippen molar-refractivity contribution in [3.63, 3.8) is 0 Å². The molecule has 0 spiro atoms. The fraction of sp³-hybridized carbons (Fsp3) is 0. The molecule has 59 heavy (non-hydrogen) atoms. The third-order valence-electron chi connectivity index (χ3n) is 11.5. The summed E-state index contributed by atoms with van der Waals surface area (Å²) >= 11 is -5.27. The Bertz CT molecular complexity index is 2100. The fourth-order valence-corrected chi connectivity index (χ4v) is 105. The molecule has 5 heteroatoms. The Balaban J connectivity index is 1.71. The van der Waals surface area contributed by atoms with Gasteiger partial charge in [0.2, 0.25) is 0 Å². The van der Waals surface area contributed by atoms with Crippen LogP contribution in [0.3, 0.4) is 0 Å². The average molecular weight is 912 g/mol. The van der Waals surface area contributed by atoms with Crippen LogP contribution >= 0.6 is 16.8 Å². The Morgan fingerprint density at radius 2 is 0.288 bits per heavy atom. The van der Waals surface area contributed by atoms with E-state index in [1.165, 1.54) is 0 Å². The summed E-state index contributed by atoms with van der Waals surface area (Å²) in [7, 11) is 0. The van der Waals surface area contributed by atoms with Gasteiger partial charge in [-0.15, -0.1) is 0 Å². The van der Waals surface area contributed by atoms with Crippen LogP contribution in [0.15, 0.2) is 273 Å². The molecule has 0 heterocycles. The van der Waals surface area contributed by atoms with Crippen LogP contribution in [0, 0.1) is 0 Å². The van der Waals surface area contributed by atoms with E-state index in [2.05, 4.69) is 273 Å². The molecule has 0 amide bonds. The van der Waals surface area contributed by atoms with Crippen LogP contribution in [0.2, 0.25) is 0 Å². The summed E-state index contributed by atoms with van der Waals surface area (Å²) < 4.78 is 24.3. The van der Waals surface area contributed by atoms with Gasteiger partial charge >= 0.3 is 355 Å². The van der Waals surface area contributed by atoms with Gasteiger partial charge in [-0.2, -0.15) is 0 Å². The van der Waals surface area contributed by atoms with Crippen molar-refractivity contribution < 1.29 is 17.1 Å². The molecule has 0 aliphatic carbocycles. The molecule has 0 radical (unpaired) electrons. The van der Waals surface area contributed by atoms with Crippen LogP contribution in [0.1, 0.15) is 0 Å². The zero-order chi connectivity index (χ0) is 40.0. The van der Waals surface area contributed by atoms with Crippen molar-refractivity contribution >= 4 is 64.5 Å². The van der Waals surface area contributed by atoms with Crippen molar-refractivity contribution in [3.8, 4) is 0 Å². The number of rotatable bonds is 12. The summed E-state index contributed by atoms with van der Waals surface area (Å²) in [5, 5.41) is 10.0. The predicted molar refractivity (Wildman–Crippen MR) is 261 cm³/mol. The van der Waals surface area contributed by atoms with Crippen LogP contribution < -0.4 is 47.7 Å². The molecular weight excluding hydrogens is 863 g/mol. The van der Waals surface area contributed by atoms with E-state index in [0.717, 1.165) is 47.7 Å². The summed E-state index contributed by atoms with van der Waals surface area (Å²) in [5.41, 5.74) is -11.8. The number of halogens is 1. The van der Waals surface area contributed by atoms with E-state index < -0.39 is 30.6 Å². The third kappa shape index (κ3) is 6.24. The number of benzene rings is 9. The third-order valence-corrected chi connectivity index (χ3v) is 78.1. The van der Waals surface area contributed by atoms with Gasteiger partial charge in [-0.3, -0.25) is 0 Å². The van der Waals surface area contributed by atoms with E-state index in [-0.39, 0.29) is 0 Å². The zero-order valence-corrected chi connectivity index (χ0v) is 37.3. The average Bonchev–Trinajstić information content (AvgIpc) is 3.33. The summed E-state index contributed by atoms with van der Waals surface area (Å²) in [4.78, 5) is 0. The van der Waals surface area contributed by atoms with Crippen molar-refractivity contribution in [2.45, 2.75) is 0 Å². The van der Waals surface area contributed by atoms with Crippen molar-refractivity contribution in [1.29, 1.82) is 0 Å². The minimum absolute atomic E-state index is 1.11. The Kier molecular flexibility index (Phi) is 11.5. The molecular formula is C54H48FP3Rh. The second-order valence-corrected chi connectivity index (χ2v) is 50.8. The molecule has 295 valence electrons. The van der Waals surface area contributed by atoms with E-state index in [1.807, 2.05) is 0 Å². The molecule has 0 fully saturated rings. The van der Waals surface area contributed by atoms with Crippen LogP contribution in [0.5, 0.6) is 0 Å². The van der Waals surface area contributed by atoms with Gasteiger partial charge in [0.15, 0.2) is 0 Å². The molecule has 0 atom stereocenters. The van der Waals surface area contributed by atoms with Crippen LogP contribution in [-0.2, 0) is 13.8 Å². The van der Waals surface area contributed by atoms with Crippen molar-refractivity contribution in [1.82, 2.24) is 0 Å². The Labute approximate surface area is 352 Å². The first-order valence-electron chi connectivity index (χ1n) is 20.1. The summed E-state index contributed by atoms with van der Waals surface area (Å²) in [6.07, 6.45) is 0. The molecule has 9 aromatic rings. The molecule has 0 saturated heterocycles. The molecule has 0 saturated carbocycles. The number of hydrogen-bond acceptors (Lipinski definition) is 0. The topological polar surface area (TPSA) is 0 Å². The van der Waals surface area contributed by atoms with E-state index in [4.69, 9.17) is 0 Å². The first-order chi connectivity index (χ1) is 29.2. The molecule has 0 aromatic heterocycles. The molecule has 0 N–H and O–H groups in total. The van der Waals surface area contributed by atoms with Crippen molar-refractivity contribution in [2.24, 2.45) is 0 Å². The molecule has 0 bridgehead atoms. The van der Waals surface area contributed by atoms with Gasteiger partial charge in [0, 0.05) is 0 Å². The predicted octanol–water partition coefficient (Wildman–Crippen LogP) is 9.95. The maximum absolute atomic E-state index is 24.3. The summed E-state index contributed by atoms with van der Waals surface area (Å²) in [5.74, 6) is 0. The van der Waals surface area contributed by atoms with E-state index >= 15 is 3.32 Å². The van der Waals surface area contributed by atoms with E-state index in [9.17, 15) is 0 Å². The normalized spacial score (nSPS) is 14.3. The molecule has 9 rings (SSSR count). The van der Waals surface area contributed by atoms with Crippen LogP contribution in [-0.4, -0.2) is 0 Å². The molecule has 0 nitrogen and oxygen atoms in total. The Hall–Kier alpha value is -5.18. The molecule has 0 aliphatic rings. The monoisotopic (exact) mass is 911 g/mol. The SMILES string of the molecule is [F][Rh]([PH](c1ccccc1)(c1ccccc1)c1ccccc1)([PH](c1ccccc1)(c1ccccc1)c1ccccc1)[PH](c1ccccc1)(c1ccccc1)c1ccccc1. The van der Waals surface area contributed by atoms with Gasteiger partial charge in [-0.05, 0) is 0 Å². The standard InChI is InChI=1S/3C18H15P.FH.Rh/c3*1-4-10-16(11-5-1)19(17-12-6-2-7-13-17)18-14-8-3-9-15-18;;/h3*1-15H;1H;/q;;;;-2/p+2. The van der Waals surface area contributed by atoms with Crippen LogP contribution in [0.4, 0.5) is 3.32 Å². The number of hydrogen-bond donors (Lipinski definition) is 0. The van der Waals surface area contributed by atoms with Crippen LogP contribution in [0.25, 0.3) is 0 Å². The van der Waals surface area contributed by atoms with Gasteiger partial charge in [0.25, 0.3) is 0 Å². The van der Waals surface area contributed by atoms with Gasteiger partial charge in [0.1, 0.15) is 0 Å². The Morgan fingerprint density at radius 3 is 0.390 bits per heavy atom. The van der Waals surface area contributed by atoms with Gasteiger partial charge in [0.05, 0.1) is 0 Å². The fourth-order valence-electron chi connectivity index (χ4n) is 9.20. The minimum atomic E-state index is -5.27. The Morgan fingerprint density at radius 1 is 0.186 bits per heavy atom. The van der Waals surface area contributed by atoms with E-state index in [0.29, 0.717) is 0 Å². The first-order valence-corrected chi connectivity index (χ1v) is 33.6. The van der Waals surface area contributed by atoms with Crippen molar-refractivity contribution in [2.75, 3.05) is 0 Å². The molecule has 0 aliphatic heterocycles. The zero-order valence-electron chi connectivity index (χ0n) is 32.7. The molecule has 0 unspecified atom stereocenters. The van der Waals surface area contributed by atoms with Crippen molar-refractivity contribution in [3.05, 3.63) is 273 Å². The molecule has 9 aromatic carbocycles. The van der Waals surface area contributed by atoms with Gasteiger partial charge < -0.3 is 0 Å². The van der Waals surface area contributed by atoms with Gasteiger partial charge in [-0.1, -0.05) is 0 Å². The second-order valence-electron chi connectivity index (χ2n) is 14.6. The summed E-state index contributed by atoms with van der Waals surface area (Å²) in [6, 6.07) is 98.5. The first kappa shape index (κ1) is 39.3. The summed E-state index contributed by atoms with van der Waals surface area (Å²) in [6.45, 7) is 0. The maximum atomic E-state index is 24.3.